The molecular weight excluding hydrogens is 383 g/mol. The van der Waals surface area contributed by atoms with Crippen molar-refractivity contribution in [1.82, 2.24) is 9.80 Å². The van der Waals surface area contributed by atoms with Gasteiger partial charge in [-0.1, -0.05) is 0 Å². The van der Waals surface area contributed by atoms with E-state index < -0.39 is 40.6 Å². The molecule has 1 heterocycles. The number of piperazine rings is 1. The van der Waals surface area contributed by atoms with Gasteiger partial charge in [-0.15, -0.1) is 0 Å². The number of carbonyl (C=O) groups excluding carboxylic acids is 1. The fourth-order valence-corrected chi connectivity index (χ4v) is 4.04. The van der Waals surface area contributed by atoms with Gasteiger partial charge in [0.15, 0.2) is 0 Å². The van der Waals surface area contributed by atoms with E-state index in [9.17, 15) is 31.1 Å². The summed E-state index contributed by atoms with van der Waals surface area (Å²) in [6, 6.07) is 0. The number of carbonyl (C=O) groups is 1. The predicted octanol–water partition coefficient (Wildman–Crippen LogP) is -3.21. The van der Waals surface area contributed by atoms with Crippen molar-refractivity contribution >= 4 is 53.2 Å². The van der Waals surface area contributed by atoms with Crippen molar-refractivity contribution in [1.29, 1.82) is 0 Å². The van der Waals surface area contributed by atoms with E-state index in [-0.39, 0.29) is 12.1 Å². The number of rotatable bonds is 1. The molecule has 0 aromatic heterocycles. The molecule has 1 aliphatic rings. The van der Waals surface area contributed by atoms with Crippen molar-refractivity contribution in [2.24, 2.45) is 0 Å². The fraction of sp³-hybridized carbons (Fsp3) is 0.917. The first kappa shape index (κ1) is 25.2. The summed E-state index contributed by atoms with van der Waals surface area (Å²) < 4.78 is 81.3. The average molecular weight is 407 g/mol. The van der Waals surface area contributed by atoms with Gasteiger partial charge in [-0.3, -0.25) is 0 Å². The van der Waals surface area contributed by atoms with Gasteiger partial charge in [-0.05, 0) is 36.8 Å². The zero-order valence-electron chi connectivity index (χ0n) is 17.8. The number of hydrogen-bond donors (Lipinski definition) is 0. The quantitative estimate of drug-likeness (QED) is 0.339. The van der Waals surface area contributed by atoms with Crippen LogP contribution in [0, 0.1) is 0 Å². The van der Waals surface area contributed by atoms with Gasteiger partial charge in [0.05, 0.1) is 0 Å². The minimum absolute atomic E-state index is 0.241. The molecule has 28 heavy (non-hydrogen) atoms. The maximum Gasteiger partial charge on any atom is 0.434 e. The van der Waals surface area contributed by atoms with Crippen LogP contribution in [0.15, 0.2) is 0 Å². The molecule has 1 saturated heterocycles. The largest absolute Gasteiger partial charge is 0.434 e. The molecular formula is C12H24B6F6N2O2. The van der Waals surface area contributed by atoms with Gasteiger partial charge >= 0.3 is 18.4 Å². The lowest BCUT2D eigenvalue weighted by Crippen LogP contribution is -2.87. The number of halogens is 6. The molecule has 16 heteroatoms. The van der Waals surface area contributed by atoms with Crippen molar-refractivity contribution in [3.63, 3.8) is 0 Å². The smallest absolute Gasteiger partial charge is 0.427 e. The second kappa shape index (κ2) is 6.87. The van der Waals surface area contributed by atoms with Crippen LogP contribution in [0.25, 0.3) is 0 Å². The number of alkyl halides is 6. The molecule has 4 nitrogen and oxygen atoms in total. The highest BCUT2D eigenvalue weighted by Crippen LogP contribution is 2.41. The van der Waals surface area contributed by atoms with Crippen LogP contribution in [-0.4, -0.2) is 110 Å². The van der Waals surface area contributed by atoms with E-state index in [0.717, 1.165) is 4.90 Å². The van der Waals surface area contributed by atoms with E-state index >= 15 is 0 Å². The molecule has 0 radical (unpaired) electrons. The first-order valence-electron chi connectivity index (χ1n) is 8.89. The van der Waals surface area contributed by atoms with Crippen molar-refractivity contribution in [2.45, 2.75) is 60.8 Å². The summed E-state index contributed by atoms with van der Waals surface area (Å²) in [4.78, 5) is 15.8. The molecule has 0 aromatic carbocycles. The first-order valence-corrected chi connectivity index (χ1v) is 8.89. The summed E-state index contributed by atoms with van der Waals surface area (Å²) in [5.74, 6) is 0. The Morgan fingerprint density at radius 3 is 1.61 bits per heavy atom. The standard InChI is InChI=1S/C12H24B6F6N2O2/c1-7(2,3)25-4-8(13,14)26(12(17,18)11(25,15)16)6(27)28-5(9(19,20)21)10(22,23)24/h5H,4,13-18H2,1-3H3. The normalized spacial score (nSPS) is 22.9. The molecule has 0 aromatic rings. The van der Waals surface area contributed by atoms with Gasteiger partial charge in [0.25, 0.3) is 6.10 Å². The molecule has 1 rings (SSSR count). The lowest BCUT2D eigenvalue weighted by molar-refractivity contribution is -0.309. The second-order valence-corrected chi connectivity index (χ2v) is 9.87. The Balaban J connectivity index is 3.41. The Morgan fingerprint density at radius 2 is 1.29 bits per heavy atom. The maximum atomic E-state index is 12.9. The van der Waals surface area contributed by atoms with Crippen molar-refractivity contribution in [3.8, 4) is 0 Å². The summed E-state index contributed by atoms with van der Waals surface area (Å²) in [5.41, 5.74) is -0.353. The second-order valence-electron chi connectivity index (χ2n) is 9.87. The zero-order valence-corrected chi connectivity index (χ0v) is 17.8. The summed E-state index contributed by atoms with van der Waals surface area (Å²) in [5, 5.41) is -2.99. The van der Waals surface area contributed by atoms with Crippen LogP contribution in [0.1, 0.15) is 20.8 Å². The SMILES string of the molecule is BC1(B)CN(C(C)(C)C)C(B)(B)C(B)(B)N1C(=O)OC(C(F)(F)F)C(F)(F)F. The minimum atomic E-state index is -5.76. The lowest BCUT2D eigenvalue weighted by Gasteiger charge is -2.68. The molecule has 0 aliphatic carbocycles. The van der Waals surface area contributed by atoms with Crippen LogP contribution in [-0.2, 0) is 4.74 Å². The van der Waals surface area contributed by atoms with Gasteiger partial charge in [-0.25, -0.2) is 4.79 Å². The Morgan fingerprint density at radius 1 is 0.893 bits per heavy atom. The molecule has 154 valence electrons. The van der Waals surface area contributed by atoms with E-state index in [0.29, 0.717) is 0 Å². The fourth-order valence-electron chi connectivity index (χ4n) is 4.04. The van der Waals surface area contributed by atoms with Gasteiger partial charge < -0.3 is 14.5 Å². The van der Waals surface area contributed by atoms with Crippen LogP contribution < -0.4 is 0 Å². The third kappa shape index (κ3) is 4.51. The van der Waals surface area contributed by atoms with Crippen LogP contribution >= 0.6 is 0 Å². The summed E-state index contributed by atoms with van der Waals surface area (Å²) in [6.07, 6.45) is -17.3. The van der Waals surface area contributed by atoms with E-state index in [4.69, 9.17) is 0 Å². The topological polar surface area (TPSA) is 32.8 Å². The zero-order chi connectivity index (χ0) is 22.7. The first-order chi connectivity index (χ1) is 12.0. The Bertz CT molecular complexity index is 605. The van der Waals surface area contributed by atoms with Gasteiger partial charge in [0.1, 0.15) is 47.1 Å². The highest BCUT2D eigenvalue weighted by molar-refractivity contribution is 6.56. The van der Waals surface area contributed by atoms with E-state index in [1.54, 1.807) is 47.1 Å². The molecule has 0 bridgehead atoms. The molecule has 0 N–H and O–H groups in total. The monoisotopic (exact) mass is 408 g/mol. The third-order valence-electron chi connectivity index (χ3n) is 5.69. The van der Waals surface area contributed by atoms with Crippen LogP contribution in [0.2, 0.25) is 0 Å². The molecule has 0 atom stereocenters. The highest BCUT2D eigenvalue weighted by atomic mass is 19.4. The average Bonchev–Trinajstić information content (AvgIpc) is 2.36. The van der Waals surface area contributed by atoms with Crippen molar-refractivity contribution in [3.05, 3.63) is 0 Å². The molecule has 0 saturated carbocycles. The maximum absolute atomic E-state index is 12.9. The molecule has 1 fully saturated rings. The number of amides is 1. The van der Waals surface area contributed by atoms with Gasteiger partial charge in [0, 0.05) is 12.1 Å². The number of nitrogens with zero attached hydrogens (tertiary/aromatic N) is 2. The van der Waals surface area contributed by atoms with Gasteiger partial charge in [0.2, 0.25) is 0 Å². The van der Waals surface area contributed by atoms with Crippen LogP contribution in [0.5, 0.6) is 0 Å². The van der Waals surface area contributed by atoms with Gasteiger partial charge in [-0.2, -0.15) is 26.3 Å². The molecule has 1 aliphatic heterocycles. The van der Waals surface area contributed by atoms with E-state index in [2.05, 4.69) is 9.64 Å². The summed E-state index contributed by atoms with van der Waals surface area (Å²) in [7, 11) is 10.0. The molecule has 0 spiro atoms. The Labute approximate surface area is 166 Å². The van der Waals surface area contributed by atoms with E-state index in [1.165, 1.54) is 0 Å². The van der Waals surface area contributed by atoms with Crippen LogP contribution in [0.3, 0.4) is 0 Å². The Hall–Kier alpha value is -0.800. The van der Waals surface area contributed by atoms with Crippen molar-refractivity contribution < 1.29 is 35.9 Å². The number of hydrogen-bond acceptors (Lipinski definition) is 3. The third-order valence-corrected chi connectivity index (χ3v) is 5.69. The summed E-state index contributed by atoms with van der Waals surface area (Å²) in [6.45, 7) is 6.11. The van der Waals surface area contributed by atoms with E-state index in [1.807, 2.05) is 20.8 Å². The molecule has 0 unspecified atom stereocenters. The summed E-state index contributed by atoms with van der Waals surface area (Å²) >= 11 is 0. The van der Waals surface area contributed by atoms with Crippen LogP contribution in [0.4, 0.5) is 31.1 Å². The molecule has 1 amide bonds. The lowest BCUT2D eigenvalue weighted by atomic mass is 9.33. The predicted molar refractivity (Wildman–Crippen MR) is 110 cm³/mol. The highest BCUT2D eigenvalue weighted by Gasteiger charge is 2.63. The minimum Gasteiger partial charge on any atom is -0.427 e. The number of ether oxygens (including phenoxy) is 1. The van der Waals surface area contributed by atoms with Crippen molar-refractivity contribution in [2.75, 3.05) is 6.54 Å². The Kier molecular flexibility index (Phi) is 6.19.